The highest BCUT2D eigenvalue weighted by molar-refractivity contribution is 5.31. The first kappa shape index (κ1) is 11.9. The average Bonchev–Trinajstić information content (AvgIpc) is 2.22. The summed E-state index contributed by atoms with van der Waals surface area (Å²) in [5.41, 5.74) is 0. The zero-order valence-electron chi connectivity index (χ0n) is 9.62. The number of likely N-dealkylation sites (N-methyl/N-ethyl adjacent to an activating group) is 1. The molecule has 0 radical (unpaired) electrons. The summed E-state index contributed by atoms with van der Waals surface area (Å²) in [6.45, 7) is 5.54. The summed E-state index contributed by atoms with van der Waals surface area (Å²) in [5, 5.41) is 3.07. The van der Waals surface area contributed by atoms with E-state index in [1.165, 1.54) is 0 Å². The minimum atomic E-state index is 0.174. The van der Waals surface area contributed by atoms with E-state index in [2.05, 4.69) is 5.32 Å². The molecule has 1 atom stereocenters. The molecule has 1 rings (SSSR count). The normalized spacial score (nSPS) is 12.2. The Kier molecular flexibility index (Phi) is 4.98. The number of hydrogen-bond donors (Lipinski definition) is 1. The van der Waals surface area contributed by atoms with E-state index in [0.717, 1.165) is 18.0 Å². The molecule has 0 heterocycles. The molecule has 0 fully saturated rings. The minimum Gasteiger partial charge on any atom is -0.494 e. The van der Waals surface area contributed by atoms with E-state index in [0.29, 0.717) is 6.61 Å². The smallest absolute Gasteiger partial charge is 0.120 e. The standard InChI is InChI=1S/C12H19NO2/c1-4-14-11-5-7-12(8-6-11)15-10(2)9-13-3/h5-8,10,13H,4,9H2,1-3H3. The molecular weight excluding hydrogens is 190 g/mol. The summed E-state index contributed by atoms with van der Waals surface area (Å²) in [6, 6.07) is 7.70. The van der Waals surface area contributed by atoms with Gasteiger partial charge < -0.3 is 14.8 Å². The maximum absolute atomic E-state index is 5.67. The second-order valence-corrected chi connectivity index (χ2v) is 3.39. The molecule has 0 saturated carbocycles. The Labute approximate surface area is 91.4 Å². The van der Waals surface area contributed by atoms with Crippen LogP contribution in [0.5, 0.6) is 11.5 Å². The van der Waals surface area contributed by atoms with Crippen molar-refractivity contribution in [2.45, 2.75) is 20.0 Å². The van der Waals surface area contributed by atoms with Crippen LogP contribution in [0.3, 0.4) is 0 Å². The first-order valence-corrected chi connectivity index (χ1v) is 5.30. The fourth-order valence-electron chi connectivity index (χ4n) is 1.34. The second-order valence-electron chi connectivity index (χ2n) is 3.39. The highest BCUT2D eigenvalue weighted by atomic mass is 16.5. The Morgan fingerprint density at radius 1 is 1.20 bits per heavy atom. The molecule has 0 amide bonds. The molecule has 1 unspecified atom stereocenters. The lowest BCUT2D eigenvalue weighted by Gasteiger charge is -2.14. The number of rotatable bonds is 6. The lowest BCUT2D eigenvalue weighted by atomic mass is 10.3. The Bertz CT molecular complexity index is 271. The predicted molar refractivity (Wildman–Crippen MR) is 61.6 cm³/mol. The van der Waals surface area contributed by atoms with Gasteiger partial charge in [-0.05, 0) is 45.2 Å². The zero-order chi connectivity index (χ0) is 11.1. The number of benzene rings is 1. The summed E-state index contributed by atoms with van der Waals surface area (Å²) >= 11 is 0. The first-order chi connectivity index (χ1) is 7.26. The van der Waals surface area contributed by atoms with Crippen LogP contribution in [0.15, 0.2) is 24.3 Å². The monoisotopic (exact) mass is 209 g/mol. The van der Waals surface area contributed by atoms with Gasteiger partial charge in [-0.25, -0.2) is 0 Å². The first-order valence-electron chi connectivity index (χ1n) is 5.30. The van der Waals surface area contributed by atoms with Crippen LogP contribution in [0.4, 0.5) is 0 Å². The minimum absolute atomic E-state index is 0.174. The van der Waals surface area contributed by atoms with E-state index < -0.39 is 0 Å². The van der Waals surface area contributed by atoms with Gasteiger partial charge in [-0.1, -0.05) is 0 Å². The van der Waals surface area contributed by atoms with Crippen LogP contribution in [0.2, 0.25) is 0 Å². The van der Waals surface area contributed by atoms with Crippen molar-refractivity contribution in [3.05, 3.63) is 24.3 Å². The summed E-state index contributed by atoms with van der Waals surface area (Å²) in [5.74, 6) is 1.76. The van der Waals surface area contributed by atoms with E-state index in [9.17, 15) is 0 Å². The summed E-state index contributed by atoms with van der Waals surface area (Å²) in [6.07, 6.45) is 0.174. The highest BCUT2D eigenvalue weighted by Gasteiger charge is 2.02. The quantitative estimate of drug-likeness (QED) is 0.778. The summed E-state index contributed by atoms with van der Waals surface area (Å²) < 4.78 is 11.0. The van der Waals surface area contributed by atoms with Crippen molar-refractivity contribution < 1.29 is 9.47 Å². The molecule has 84 valence electrons. The van der Waals surface area contributed by atoms with Gasteiger partial charge in [-0.15, -0.1) is 0 Å². The molecule has 0 bridgehead atoms. The molecule has 1 N–H and O–H groups in total. The van der Waals surface area contributed by atoms with Gasteiger partial charge >= 0.3 is 0 Å². The Morgan fingerprint density at radius 3 is 2.33 bits per heavy atom. The maximum Gasteiger partial charge on any atom is 0.120 e. The molecule has 0 aliphatic carbocycles. The van der Waals surface area contributed by atoms with E-state index >= 15 is 0 Å². The molecule has 3 heteroatoms. The highest BCUT2D eigenvalue weighted by Crippen LogP contribution is 2.18. The van der Waals surface area contributed by atoms with Gasteiger partial charge in [0, 0.05) is 6.54 Å². The maximum atomic E-state index is 5.67. The van der Waals surface area contributed by atoms with E-state index in [-0.39, 0.29) is 6.10 Å². The Balaban J connectivity index is 2.48. The van der Waals surface area contributed by atoms with Crippen molar-refractivity contribution in [1.29, 1.82) is 0 Å². The van der Waals surface area contributed by atoms with Gasteiger partial charge in [0.05, 0.1) is 6.61 Å². The van der Waals surface area contributed by atoms with Crippen LogP contribution in [-0.4, -0.2) is 26.3 Å². The number of hydrogen-bond acceptors (Lipinski definition) is 3. The molecule has 0 aromatic heterocycles. The molecule has 0 aliphatic heterocycles. The van der Waals surface area contributed by atoms with E-state index in [1.54, 1.807) is 0 Å². The van der Waals surface area contributed by atoms with Crippen LogP contribution in [-0.2, 0) is 0 Å². The molecular formula is C12H19NO2. The summed E-state index contributed by atoms with van der Waals surface area (Å²) in [4.78, 5) is 0. The average molecular weight is 209 g/mol. The van der Waals surface area contributed by atoms with Crippen molar-refractivity contribution in [3.8, 4) is 11.5 Å². The third-order valence-electron chi connectivity index (χ3n) is 1.96. The second kappa shape index (κ2) is 6.30. The fourth-order valence-corrected chi connectivity index (χ4v) is 1.34. The van der Waals surface area contributed by atoms with Crippen LogP contribution >= 0.6 is 0 Å². The topological polar surface area (TPSA) is 30.5 Å². The third kappa shape index (κ3) is 4.21. The molecule has 15 heavy (non-hydrogen) atoms. The van der Waals surface area contributed by atoms with Gasteiger partial charge in [-0.2, -0.15) is 0 Å². The van der Waals surface area contributed by atoms with Crippen molar-refractivity contribution in [2.75, 3.05) is 20.2 Å². The van der Waals surface area contributed by atoms with E-state index in [1.807, 2.05) is 45.2 Å². The van der Waals surface area contributed by atoms with Crippen LogP contribution in [0, 0.1) is 0 Å². The summed E-state index contributed by atoms with van der Waals surface area (Å²) in [7, 11) is 1.91. The number of ether oxygens (including phenoxy) is 2. The third-order valence-corrected chi connectivity index (χ3v) is 1.96. The van der Waals surface area contributed by atoms with Crippen molar-refractivity contribution in [3.63, 3.8) is 0 Å². The molecule has 3 nitrogen and oxygen atoms in total. The van der Waals surface area contributed by atoms with Crippen molar-refractivity contribution in [2.24, 2.45) is 0 Å². The fraction of sp³-hybridized carbons (Fsp3) is 0.500. The Morgan fingerprint density at radius 2 is 1.80 bits per heavy atom. The molecule has 1 aromatic carbocycles. The van der Waals surface area contributed by atoms with Crippen molar-refractivity contribution >= 4 is 0 Å². The molecule has 1 aromatic rings. The number of nitrogens with one attached hydrogen (secondary N) is 1. The van der Waals surface area contributed by atoms with Gasteiger partial charge in [0.25, 0.3) is 0 Å². The SMILES string of the molecule is CCOc1ccc(OC(C)CNC)cc1. The van der Waals surface area contributed by atoms with E-state index in [4.69, 9.17) is 9.47 Å². The zero-order valence-corrected chi connectivity index (χ0v) is 9.62. The van der Waals surface area contributed by atoms with Crippen LogP contribution in [0.1, 0.15) is 13.8 Å². The van der Waals surface area contributed by atoms with Gasteiger partial charge in [0.1, 0.15) is 17.6 Å². The molecule has 0 spiro atoms. The largest absolute Gasteiger partial charge is 0.494 e. The van der Waals surface area contributed by atoms with Crippen LogP contribution < -0.4 is 14.8 Å². The van der Waals surface area contributed by atoms with Gasteiger partial charge in [0.2, 0.25) is 0 Å². The van der Waals surface area contributed by atoms with Gasteiger partial charge in [-0.3, -0.25) is 0 Å². The van der Waals surface area contributed by atoms with Crippen molar-refractivity contribution in [1.82, 2.24) is 5.32 Å². The lowest BCUT2D eigenvalue weighted by molar-refractivity contribution is 0.220. The predicted octanol–water partition coefficient (Wildman–Crippen LogP) is 2.07. The lowest BCUT2D eigenvalue weighted by Crippen LogP contribution is -2.25. The van der Waals surface area contributed by atoms with Gasteiger partial charge in [0.15, 0.2) is 0 Å². The molecule has 0 aliphatic rings. The van der Waals surface area contributed by atoms with Crippen LogP contribution in [0.25, 0.3) is 0 Å². The Hall–Kier alpha value is -1.22. The molecule has 0 saturated heterocycles.